The molecule has 0 fully saturated rings. The molecule has 3 rings (SSSR count). The average Bonchev–Trinajstić information content (AvgIpc) is 2.92. The van der Waals surface area contributed by atoms with E-state index in [-0.39, 0.29) is 5.69 Å². The lowest BCUT2D eigenvalue weighted by molar-refractivity contribution is -0.137. The second kappa shape index (κ2) is 5.42. The molecule has 3 aromatic rings. The third-order valence-corrected chi connectivity index (χ3v) is 3.52. The summed E-state index contributed by atoms with van der Waals surface area (Å²) < 4.78 is 39.3. The van der Waals surface area contributed by atoms with Crippen molar-refractivity contribution in [1.82, 2.24) is 9.38 Å². The molecule has 0 bridgehead atoms. The van der Waals surface area contributed by atoms with Crippen molar-refractivity contribution in [2.24, 2.45) is 0 Å². The monoisotopic (exact) mass is 320 g/mol. The number of aromatic carboxylic acids is 1. The zero-order chi connectivity index (χ0) is 16.6. The van der Waals surface area contributed by atoms with E-state index in [1.165, 1.54) is 18.5 Å². The minimum absolute atomic E-state index is 0.0764. The predicted molar refractivity (Wildman–Crippen MR) is 76.4 cm³/mol. The van der Waals surface area contributed by atoms with Crippen LogP contribution in [0.4, 0.5) is 13.2 Å². The summed E-state index contributed by atoms with van der Waals surface area (Å²) in [5.41, 5.74) is 0.994. The maximum absolute atomic E-state index is 12.6. The lowest BCUT2D eigenvalue weighted by Crippen LogP contribution is -2.05. The number of alkyl halides is 3. The SMILES string of the molecule is O=C(O)c1ncn2cccc(Cc3ccc(C(F)(F)F)cc3)c12. The molecule has 0 spiro atoms. The molecule has 0 aliphatic heterocycles. The van der Waals surface area contributed by atoms with E-state index in [0.29, 0.717) is 23.1 Å². The summed E-state index contributed by atoms with van der Waals surface area (Å²) in [6.45, 7) is 0. The molecule has 0 saturated heterocycles. The van der Waals surface area contributed by atoms with Gasteiger partial charge in [0.1, 0.15) is 6.33 Å². The van der Waals surface area contributed by atoms with Crippen molar-refractivity contribution < 1.29 is 23.1 Å². The van der Waals surface area contributed by atoms with Gasteiger partial charge in [0, 0.05) is 6.20 Å². The van der Waals surface area contributed by atoms with E-state index in [0.717, 1.165) is 12.1 Å². The van der Waals surface area contributed by atoms with Gasteiger partial charge >= 0.3 is 12.1 Å². The second-order valence-corrected chi connectivity index (χ2v) is 5.06. The van der Waals surface area contributed by atoms with Gasteiger partial charge in [0.25, 0.3) is 0 Å². The van der Waals surface area contributed by atoms with E-state index in [9.17, 15) is 23.1 Å². The maximum atomic E-state index is 12.6. The molecule has 7 heteroatoms. The van der Waals surface area contributed by atoms with Crippen LogP contribution in [0.5, 0.6) is 0 Å². The number of rotatable bonds is 3. The summed E-state index contributed by atoms with van der Waals surface area (Å²) in [6, 6.07) is 8.29. The molecule has 2 aromatic heterocycles. The van der Waals surface area contributed by atoms with Gasteiger partial charge in [-0.1, -0.05) is 18.2 Å². The van der Waals surface area contributed by atoms with Gasteiger partial charge in [-0.25, -0.2) is 9.78 Å². The topological polar surface area (TPSA) is 54.6 Å². The molecule has 1 N–H and O–H groups in total. The first-order valence-corrected chi connectivity index (χ1v) is 6.70. The van der Waals surface area contributed by atoms with Crippen molar-refractivity contribution in [1.29, 1.82) is 0 Å². The number of carboxylic acids is 1. The molecule has 0 aliphatic carbocycles. The molecular formula is C16H11F3N2O2. The fourth-order valence-electron chi connectivity index (χ4n) is 2.45. The van der Waals surface area contributed by atoms with Crippen molar-refractivity contribution in [2.45, 2.75) is 12.6 Å². The maximum Gasteiger partial charge on any atom is 0.416 e. The molecular weight excluding hydrogens is 309 g/mol. The standard InChI is InChI=1S/C16H11F3N2O2/c17-16(18,19)12-5-3-10(4-6-12)8-11-2-1-7-21-9-20-13(14(11)21)15(22)23/h1-7,9H,8H2,(H,22,23). The zero-order valence-corrected chi connectivity index (χ0v) is 11.7. The van der Waals surface area contributed by atoms with Crippen molar-refractivity contribution in [3.63, 3.8) is 0 Å². The molecule has 4 nitrogen and oxygen atoms in total. The number of fused-ring (bicyclic) bond motifs is 1. The fourth-order valence-corrected chi connectivity index (χ4v) is 2.45. The van der Waals surface area contributed by atoms with E-state index in [4.69, 9.17) is 0 Å². The molecule has 1 aromatic carbocycles. The van der Waals surface area contributed by atoms with Crippen LogP contribution in [0.15, 0.2) is 48.9 Å². The van der Waals surface area contributed by atoms with Crippen LogP contribution < -0.4 is 0 Å². The van der Waals surface area contributed by atoms with Crippen molar-refractivity contribution >= 4 is 11.5 Å². The quantitative estimate of drug-likeness (QED) is 0.801. The summed E-state index contributed by atoms with van der Waals surface area (Å²) in [7, 11) is 0. The molecule has 118 valence electrons. The van der Waals surface area contributed by atoms with Crippen LogP contribution in [0.1, 0.15) is 27.2 Å². The number of aromatic nitrogens is 2. The first kappa shape index (κ1) is 15.1. The highest BCUT2D eigenvalue weighted by molar-refractivity contribution is 5.94. The summed E-state index contributed by atoms with van der Waals surface area (Å²) in [5.74, 6) is -1.15. The van der Waals surface area contributed by atoms with Gasteiger partial charge < -0.3 is 9.51 Å². The van der Waals surface area contributed by atoms with Crippen molar-refractivity contribution in [3.05, 3.63) is 71.3 Å². The van der Waals surface area contributed by atoms with Crippen LogP contribution in [-0.2, 0) is 12.6 Å². The third-order valence-electron chi connectivity index (χ3n) is 3.52. The van der Waals surface area contributed by atoms with E-state index >= 15 is 0 Å². The summed E-state index contributed by atoms with van der Waals surface area (Å²) in [4.78, 5) is 15.1. The zero-order valence-electron chi connectivity index (χ0n) is 11.7. The largest absolute Gasteiger partial charge is 0.476 e. The van der Waals surface area contributed by atoms with Crippen LogP contribution in [-0.4, -0.2) is 20.5 Å². The molecule has 0 atom stereocenters. The Morgan fingerprint density at radius 2 is 1.87 bits per heavy atom. The highest BCUT2D eigenvalue weighted by atomic mass is 19.4. The number of hydrogen-bond acceptors (Lipinski definition) is 2. The highest BCUT2D eigenvalue weighted by Crippen LogP contribution is 2.29. The van der Waals surface area contributed by atoms with Crippen molar-refractivity contribution in [3.8, 4) is 0 Å². The van der Waals surface area contributed by atoms with E-state index in [1.54, 1.807) is 22.7 Å². The first-order chi connectivity index (χ1) is 10.9. The average molecular weight is 320 g/mol. The Kier molecular flexibility index (Phi) is 3.55. The van der Waals surface area contributed by atoms with Crippen LogP contribution in [0.3, 0.4) is 0 Å². The fraction of sp³-hybridized carbons (Fsp3) is 0.125. The number of pyridine rings is 1. The third kappa shape index (κ3) is 2.90. The molecule has 0 unspecified atom stereocenters. The number of halogens is 3. The van der Waals surface area contributed by atoms with Gasteiger partial charge in [0.05, 0.1) is 11.1 Å². The Bertz CT molecular complexity index is 867. The normalized spacial score (nSPS) is 11.8. The molecule has 0 aliphatic rings. The number of hydrogen-bond donors (Lipinski definition) is 1. The van der Waals surface area contributed by atoms with Crippen LogP contribution in [0.2, 0.25) is 0 Å². The van der Waals surface area contributed by atoms with Gasteiger partial charge in [0.2, 0.25) is 0 Å². The van der Waals surface area contributed by atoms with Crippen LogP contribution in [0, 0.1) is 0 Å². The van der Waals surface area contributed by atoms with E-state index < -0.39 is 17.7 Å². The Balaban J connectivity index is 1.98. The van der Waals surface area contributed by atoms with Crippen LogP contribution in [0.25, 0.3) is 5.52 Å². The van der Waals surface area contributed by atoms with Crippen LogP contribution >= 0.6 is 0 Å². The molecule has 0 amide bonds. The lowest BCUT2D eigenvalue weighted by atomic mass is 10.0. The molecule has 23 heavy (non-hydrogen) atoms. The Morgan fingerprint density at radius 1 is 1.17 bits per heavy atom. The van der Waals surface area contributed by atoms with Gasteiger partial charge in [-0.3, -0.25) is 0 Å². The predicted octanol–water partition coefficient (Wildman–Crippen LogP) is 3.64. The Labute approximate surface area is 128 Å². The number of carboxylic acid groups (broad SMARTS) is 1. The Morgan fingerprint density at radius 3 is 2.48 bits per heavy atom. The summed E-state index contributed by atoms with van der Waals surface area (Å²) in [6.07, 6.45) is -0.991. The van der Waals surface area contributed by atoms with E-state index in [2.05, 4.69) is 4.98 Å². The van der Waals surface area contributed by atoms with Gasteiger partial charge in [-0.15, -0.1) is 0 Å². The first-order valence-electron chi connectivity index (χ1n) is 6.70. The second-order valence-electron chi connectivity index (χ2n) is 5.06. The van der Waals surface area contributed by atoms with Gasteiger partial charge in [-0.2, -0.15) is 13.2 Å². The number of carbonyl (C=O) groups is 1. The van der Waals surface area contributed by atoms with E-state index in [1.807, 2.05) is 0 Å². The molecule has 2 heterocycles. The number of benzene rings is 1. The summed E-state index contributed by atoms with van der Waals surface area (Å²) >= 11 is 0. The number of imidazole rings is 1. The van der Waals surface area contributed by atoms with Crippen molar-refractivity contribution in [2.75, 3.05) is 0 Å². The Hall–Kier alpha value is -2.83. The highest BCUT2D eigenvalue weighted by Gasteiger charge is 2.29. The van der Waals surface area contributed by atoms with Gasteiger partial charge in [0.15, 0.2) is 5.69 Å². The lowest BCUT2D eigenvalue weighted by Gasteiger charge is -2.09. The van der Waals surface area contributed by atoms with Gasteiger partial charge in [-0.05, 0) is 35.7 Å². The molecule has 0 radical (unpaired) electrons. The summed E-state index contributed by atoms with van der Waals surface area (Å²) in [5, 5.41) is 9.19. The minimum Gasteiger partial charge on any atom is -0.476 e. The number of nitrogens with zero attached hydrogens (tertiary/aromatic N) is 2. The smallest absolute Gasteiger partial charge is 0.416 e. The molecule has 0 saturated carbocycles. The minimum atomic E-state index is -4.37.